The normalized spacial score (nSPS) is 23.2. The summed E-state index contributed by atoms with van der Waals surface area (Å²) < 4.78 is 56.9. The van der Waals surface area contributed by atoms with Gasteiger partial charge in [0.2, 0.25) is 5.56 Å². The number of fused-ring (bicyclic) bond motifs is 2. The zero-order valence-electron chi connectivity index (χ0n) is 16.7. The van der Waals surface area contributed by atoms with Gasteiger partial charge in [-0.05, 0) is 48.6 Å². The molecule has 1 aliphatic rings. The Bertz CT molecular complexity index is 1260. The maximum atomic E-state index is 14.2. The number of anilines is 1. The molecule has 3 atom stereocenters. The number of aromatic nitrogens is 1. The van der Waals surface area contributed by atoms with Crippen LogP contribution >= 0.6 is 11.6 Å². The number of nitrogens with one attached hydrogen (secondary N) is 2. The van der Waals surface area contributed by atoms with Gasteiger partial charge in [0, 0.05) is 22.7 Å². The molecule has 10 heteroatoms. The molecule has 0 fully saturated rings. The number of aromatic amines is 1. The van der Waals surface area contributed by atoms with Crippen LogP contribution in [-0.2, 0) is 0 Å². The zero-order chi connectivity index (χ0) is 23.4. The van der Waals surface area contributed by atoms with Gasteiger partial charge < -0.3 is 20.5 Å². The Morgan fingerprint density at radius 2 is 1.97 bits per heavy atom. The molecule has 0 aliphatic heterocycles. The van der Waals surface area contributed by atoms with Crippen molar-refractivity contribution in [1.82, 2.24) is 4.98 Å². The first kappa shape index (κ1) is 22.4. The standard InChI is InChI=1S/C22H19ClF4N2O3/c1-2-10-9-21(32,22(25,26)27)20(13-3-5-14(23)19(31)18(10)13)29-16-8-11(24)7-15-12(16)4-6-17(30)28-15/h3-8,10,20,29,31-32H,2,9H2,1H3,(H,28,30)/t10-,20-,21-/m0/s1. The Hall–Kier alpha value is -2.78. The number of phenolic OH excluding ortho intramolecular Hbond substituents is 1. The monoisotopic (exact) mass is 470 g/mol. The van der Waals surface area contributed by atoms with Gasteiger partial charge in [-0.25, -0.2) is 4.39 Å². The summed E-state index contributed by atoms with van der Waals surface area (Å²) in [7, 11) is 0. The summed E-state index contributed by atoms with van der Waals surface area (Å²) in [4.78, 5) is 14.0. The SMILES string of the molecule is CC[C@H]1C[C@@](O)(C(F)(F)F)[C@@H](Nc2cc(F)cc3[nH]c(=O)ccc23)c2ccc(Cl)c(O)c21. The molecular weight excluding hydrogens is 452 g/mol. The van der Waals surface area contributed by atoms with E-state index in [1.807, 2.05) is 0 Å². The van der Waals surface area contributed by atoms with E-state index in [4.69, 9.17) is 11.6 Å². The summed E-state index contributed by atoms with van der Waals surface area (Å²) in [6.07, 6.45) is -5.55. The van der Waals surface area contributed by atoms with E-state index in [9.17, 15) is 32.6 Å². The average molecular weight is 471 g/mol. The molecule has 4 rings (SSSR count). The molecule has 1 aromatic heterocycles. The van der Waals surface area contributed by atoms with Gasteiger partial charge in [-0.1, -0.05) is 24.6 Å². The molecule has 2 aromatic carbocycles. The first-order chi connectivity index (χ1) is 15.0. The average Bonchev–Trinajstić information content (AvgIpc) is 2.70. The molecule has 5 nitrogen and oxygen atoms in total. The molecule has 0 saturated carbocycles. The molecule has 0 bridgehead atoms. The highest BCUT2D eigenvalue weighted by molar-refractivity contribution is 6.32. The molecule has 1 heterocycles. The summed E-state index contributed by atoms with van der Waals surface area (Å²) in [6, 6.07) is 5.33. The molecule has 170 valence electrons. The van der Waals surface area contributed by atoms with E-state index in [0.717, 1.165) is 18.2 Å². The highest BCUT2D eigenvalue weighted by Crippen LogP contribution is 2.56. The third-order valence-corrected chi connectivity index (χ3v) is 6.35. The van der Waals surface area contributed by atoms with Crippen LogP contribution in [0.3, 0.4) is 0 Å². The van der Waals surface area contributed by atoms with Crippen molar-refractivity contribution >= 4 is 28.2 Å². The second-order valence-corrected chi connectivity index (χ2v) is 8.35. The first-order valence-corrected chi connectivity index (χ1v) is 10.2. The number of H-pyrrole nitrogens is 1. The third-order valence-electron chi connectivity index (χ3n) is 6.04. The molecule has 0 radical (unpaired) electrons. The van der Waals surface area contributed by atoms with E-state index in [2.05, 4.69) is 10.3 Å². The quantitative estimate of drug-likeness (QED) is 0.388. The Balaban J connectivity index is 1.96. The Kier molecular flexibility index (Phi) is 5.37. The van der Waals surface area contributed by atoms with E-state index in [-0.39, 0.29) is 44.9 Å². The molecule has 3 aromatic rings. The Morgan fingerprint density at radius 1 is 1.25 bits per heavy atom. The van der Waals surface area contributed by atoms with E-state index >= 15 is 0 Å². The fourth-order valence-corrected chi connectivity index (χ4v) is 4.63. The molecule has 1 aliphatic carbocycles. The fraction of sp³-hybridized carbons (Fsp3) is 0.318. The minimum absolute atomic E-state index is 0.00617. The van der Waals surface area contributed by atoms with Gasteiger partial charge in [-0.2, -0.15) is 13.2 Å². The van der Waals surface area contributed by atoms with Gasteiger partial charge in [0.05, 0.1) is 16.6 Å². The number of alkyl halides is 3. The van der Waals surface area contributed by atoms with Crippen molar-refractivity contribution in [1.29, 1.82) is 0 Å². The molecular formula is C22H19ClF4N2O3. The van der Waals surface area contributed by atoms with Gasteiger partial charge in [0.25, 0.3) is 0 Å². The minimum Gasteiger partial charge on any atom is -0.506 e. The molecule has 4 N–H and O–H groups in total. The summed E-state index contributed by atoms with van der Waals surface area (Å²) in [6.45, 7) is 1.65. The number of rotatable bonds is 3. The van der Waals surface area contributed by atoms with Crippen molar-refractivity contribution in [3.05, 3.63) is 68.7 Å². The second kappa shape index (κ2) is 7.67. The van der Waals surface area contributed by atoms with Crippen LogP contribution in [-0.4, -0.2) is 27.0 Å². The van der Waals surface area contributed by atoms with Crippen molar-refractivity contribution in [3.8, 4) is 5.75 Å². The van der Waals surface area contributed by atoms with Crippen LogP contribution in [0.5, 0.6) is 5.75 Å². The van der Waals surface area contributed by atoms with Crippen molar-refractivity contribution in [2.24, 2.45) is 0 Å². The zero-order valence-corrected chi connectivity index (χ0v) is 17.5. The van der Waals surface area contributed by atoms with E-state index in [1.165, 1.54) is 18.2 Å². The van der Waals surface area contributed by atoms with Gasteiger partial charge >= 0.3 is 6.18 Å². The highest BCUT2D eigenvalue weighted by atomic mass is 35.5. The van der Waals surface area contributed by atoms with Crippen LogP contribution in [0.25, 0.3) is 10.9 Å². The lowest BCUT2D eigenvalue weighted by atomic mass is 9.69. The predicted molar refractivity (Wildman–Crippen MR) is 113 cm³/mol. The molecule has 0 spiro atoms. The maximum absolute atomic E-state index is 14.2. The van der Waals surface area contributed by atoms with Crippen molar-refractivity contribution < 1.29 is 27.8 Å². The van der Waals surface area contributed by atoms with Crippen LogP contribution in [0, 0.1) is 5.82 Å². The largest absolute Gasteiger partial charge is 0.506 e. The van der Waals surface area contributed by atoms with E-state index in [0.29, 0.717) is 0 Å². The predicted octanol–water partition coefficient (Wildman–Crippen LogP) is 5.37. The van der Waals surface area contributed by atoms with E-state index < -0.39 is 41.5 Å². The Morgan fingerprint density at radius 3 is 2.62 bits per heavy atom. The molecule has 0 unspecified atom stereocenters. The van der Waals surface area contributed by atoms with Crippen LogP contribution < -0.4 is 10.9 Å². The third kappa shape index (κ3) is 3.49. The van der Waals surface area contributed by atoms with Gasteiger partial charge in [0.15, 0.2) is 5.60 Å². The fourth-order valence-electron chi connectivity index (χ4n) is 4.46. The van der Waals surface area contributed by atoms with Crippen LogP contribution in [0.4, 0.5) is 23.2 Å². The summed E-state index contributed by atoms with van der Waals surface area (Å²) in [5, 5.41) is 24.4. The number of benzene rings is 2. The molecule has 0 saturated heterocycles. The summed E-state index contributed by atoms with van der Waals surface area (Å²) in [5.74, 6) is -1.95. The maximum Gasteiger partial charge on any atom is 0.419 e. The van der Waals surface area contributed by atoms with Crippen LogP contribution in [0.2, 0.25) is 5.02 Å². The number of hydrogen-bond acceptors (Lipinski definition) is 4. The number of aromatic hydroxyl groups is 1. The smallest absolute Gasteiger partial charge is 0.419 e. The number of hydrogen-bond donors (Lipinski definition) is 4. The van der Waals surface area contributed by atoms with Crippen LogP contribution in [0.15, 0.2) is 41.2 Å². The molecule has 0 amide bonds. The van der Waals surface area contributed by atoms with Gasteiger partial charge in [0.1, 0.15) is 11.6 Å². The van der Waals surface area contributed by atoms with Gasteiger partial charge in [-0.15, -0.1) is 0 Å². The molecule has 32 heavy (non-hydrogen) atoms. The van der Waals surface area contributed by atoms with Crippen molar-refractivity contribution in [2.75, 3.05) is 5.32 Å². The highest BCUT2D eigenvalue weighted by Gasteiger charge is 2.62. The number of halogens is 5. The lowest BCUT2D eigenvalue weighted by Gasteiger charge is -2.46. The summed E-state index contributed by atoms with van der Waals surface area (Å²) >= 11 is 6.01. The minimum atomic E-state index is -5.04. The number of pyridine rings is 1. The van der Waals surface area contributed by atoms with Crippen molar-refractivity contribution in [2.45, 2.75) is 43.5 Å². The lowest BCUT2D eigenvalue weighted by molar-refractivity contribution is -0.272. The van der Waals surface area contributed by atoms with Crippen LogP contribution in [0.1, 0.15) is 42.9 Å². The first-order valence-electron chi connectivity index (χ1n) is 9.85. The Labute approximate surface area is 184 Å². The number of phenols is 1. The summed E-state index contributed by atoms with van der Waals surface area (Å²) in [5.41, 5.74) is -3.49. The van der Waals surface area contributed by atoms with Gasteiger partial charge in [-0.3, -0.25) is 4.79 Å². The second-order valence-electron chi connectivity index (χ2n) is 7.94. The van der Waals surface area contributed by atoms with E-state index in [1.54, 1.807) is 6.92 Å². The topological polar surface area (TPSA) is 85.4 Å². The lowest BCUT2D eigenvalue weighted by Crippen LogP contribution is -2.55. The number of aliphatic hydroxyl groups is 1. The van der Waals surface area contributed by atoms with Crippen molar-refractivity contribution in [3.63, 3.8) is 0 Å².